The molecule has 0 radical (unpaired) electrons. The average Bonchev–Trinajstić information content (AvgIpc) is 3.48. The van der Waals surface area contributed by atoms with Gasteiger partial charge in [0.25, 0.3) is 0 Å². The van der Waals surface area contributed by atoms with E-state index in [0.29, 0.717) is 29.1 Å². The molecule has 33 heavy (non-hydrogen) atoms. The fraction of sp³-hybridized carbons (Fsp3) is 0.200. The van der Waals surface area contributed by atoms with Crippen molar-refractivity contribution < 1.29 is 19.2 Å². The van der Waals surface area contributed by atoms with Gasteiger partial charge in [-0.3, -0.25) is 19.2 Å². The first-order valence-electron chi connectivity index (χ1n) is 10.6. The summed E-state index contributed by atoms with van der Waals surface area (Å²) in [6.07, 6.45) is 1.32. The molecular weight excluding hydrogens is 438 g/mol. The quantitative estimate of drug-likeness (QED) is 0.433. The lowest BCUT2D eigenvalue weighted by atomic mass is 10.1. The van der Waals surface area contributed by atoms with Crippen LogP contribution in [-0.4, -0.2) is 30.0 Å². The van der Waals surface area contributed by atoms with Gasteiger partial charge in [-0.1, -0.05) is 36.4 Å². The molecule has 3 amide bonds. The van der Waals surface area contributed by atoms with Crippen molar-refractivity contribution in [3.05, 3.63) is 81.5 Å². The number of carbonyl (C=O) groups is 4. The van der Waals surface area contributed by atoms with Crippen LogP contribution in [0.2, 0.25) is 0 Å². The topological polar surface area (TPSA) is 95.6 Å². The number of amides is 3. The molecule has 1 fully saturated rings. The lowest BCUT2D eigenvalue weighted by molar-refractivity contribution is -0.136. The highest BCUT2D eigenvalue weighted by molar-refractivity contribution is 7.14. The number of thiophene rings is 1. The highest BCUT2D eigenvalue weighted by Gasteiger charge is 2.24. The smallest absolute Gasteiger partial charge is 0.313 e. The van der Waals surface area contributed by atoms with Crippen LogP contribution in [-0.2, 0) is 20.9 Å². The minimum Gasteiger partial charge on any atom is -0.343 e. The van der Waals surface area contributed by atoms with Crippen molar-refractivity contribution in [1.29, 1.82) is 0 Å². The molecule has 7 nitrogen and oxygen atoms in total. The second-order valence-corrected chi connectivity index (χ2v) is 8.92. The van der Waals surface area contributed by atoms with Gasteiger partial charge >= 0.3 is 11.8 Å². The molecule has 0 unspecified atom stereocenters. The number of benzene rings is 2. The van der Waals surface area contributed by atoms with E-state index in [1.54, 1.807) is 53.4 Å². The number of carbonyl (C=O) groups excluding carboxylic acids is 4. The van der Waals surface area contributed by atoms with E-state index in [9.17, 15) is 19.2 Å². The Morgan fingerprint density at radius 3 is 2.52 bits per heavy atom. The van der Waals surface area contributed by atoms with Crippen LogP contribution in [0.25, 0.3) is 0 Å². The summed E-state index contributed by atoms with van der Waals surface area (Å²) in [6.45, 7) is 2.69. The second-order valence-electron chi connectivity index (χ2n) is 7.75. The number of anilines is 2. The van der Waals surface area contributed by atoms with Crippen LogP contribution in [0.5, 0.6) is 0 Å². The molecule has 0 aliphatic carbocycles. The van der Waals surface area contributed by atoms with Crippen LogP contribution in [0.1, 0.15) is 38.5 Å². The molecule has 1 aromatic heterocycles. The predicted molar refractivity (Wildman–Crippen MR) is 127 cm³/mol. The van der Waals surface area contributed by atoms with Gasteiger partial charge in [-0.05, 0) is 43.2 Å². The number of nitrogens with one attached hydrogen (secondary N) is 2. The molecule has 0 bridgehead atoms. The summed E-state index contributed by atoms with van der Waals surface area (Å²) >= 11 is 1.28. The Morgan fingerprint density at radius 2 is 1.79 bits per heavy atom. The van der Waals surface area contributed by atoms with E-state index < -0.39 is 11.8 Å². The molecule has 3 aromatic rings. The highest BCUT2D eigenvalue weighted by atomic mass is 32.1. The SMILES string of the molecule is Cc1ccc(NC(=O)C(=O)NCc2ccc(C(=O)c3ccccc3)s2)cc1N1CCCC1=O. The predicted octanol–water partition coefficient (Wildman–Crippen LogP) is 3.67. The highest BCUT2D eigenvalue weighted by Crippen LogP contribution is 2.28. The second kappa shape index (κ2) is 9.79. The largest absolute Gasteiger partial charge is 0.343 e. The molecule has 0 saturated carbocycles. The number of nitrogens with zero attached hydrogens (tertiary/aromatic N) is 1. The van der Waals surface area contributed by atoms with E-state index in [4.69, 9.17) is 0 Å². The van der Waals surface area contributed by atoms with E-state index in [-0.39, 0.29) is 18.2 Å². The van der Waals surface area contributed by atoms with Crippen LogP contribution in [0.4, 0.5) is 11.4 Å². The van der Waals surface area contributed by atoms with Crippen molar-refractivity contribution >= 4 is 46.2 Å². The summed E-state index contributed by atoms with van der Waals surface area (Å²) < 4.78 is 0. The van der Waals surface area contributed by atoms with Gasteiger partial charge in [-0.2, -0.15) is 0 Å². The molecule has 168 valence electrons. The van der Waals surface area contributed by atoms with Gasteiger partial charge in [0, 0.05) is 34.8 Å². The Bertz CT molecular complexity index is 1220. The first-order valence-corrected chi connectivity index (χ1v) is 11.4. The molecule has 4 rings (SSSR count). The summed E-state index contributed by atoms with van der Waals surface area (Å²) in [5.74, 6) is -1.60. The van der Waals surface area contributed by atoms with E-state index in [1.165, 1.54) is 11.3 Å². The molecule has 1 saturated heterocycles. The van der Waals surface area contributed by atoms with E-state index in [0.717, 1.165) is 22.5 Å². The van der Waals surface area contributed by atoms with Gasteiger partial charge in [0.1, 0.15) is 0 Å². The molecule has 8 heteroatoms. The maximum absolute atomic E-state index is 12.5. The number of hydrogen-bond acceptors (Lipinski definition) is 5. The molecule has 2 heterocycles. The Labute approximate surface area is 195 Å². The fourth-order valence-electron chi connectivity index (χ4n) is 3.64. The molecule has 2 N–H and O–H groups in total. The van der Waals surface area contributed by atoms with Gasteiger partial charge in [-0.25, -0.2) is 0 Å². The lowest BCUT2D eigenvalue weighted by Gasteiger charge is -2.19. The summed E-state index contributed by atoms with van der Waals surface area (Å²) in [5.41, 5.74) is 2.71. The van der Waals surface area contributed by atoms with Gasteiger partial charge < -0.3 is 15.5 Å². The van der Waals surface area contributed by atoms with E-state index in [2.05, 4.69) is 10.6 Å². The molecule has 1 aliphatic rings. The van der Waals surface area contributed by atoms with Crippen molar-refractivity contribution in [2.24, 2.45) is 0 Å². The standard InChI is InChI=1S/C25H23N3O4S/c1-16-9-10-18(14-20(16)28-13-5-8-22(28)29)27-25(32)24(31)26-15-19-11-12-21(33-19)23(30)17-6-3-2-4-7-17/h2-4,6-7,9-12,14H,5,8,13,15H2,1H3,(H,26,31)(H,27,32). The van der Waals surface area contributed by atoms with Crippen LogP contribution in [0, 0.1) is 6.92 Å². The zero-order valence-corrected chi connectivity index (χ0v) is 18.9. The maximum atomic E-state index is 12.5. The lowest BCUT2D eigenvalue weighted by Crippen LogP contribution is -2.34. The van der Waals surface area contributed by atoms with E-state index in [1.807, 2.05) is 19.1 Å². The molecule has 0 spiro atoms. The summed E-state index contributed by atoms with van der Waals surface area (Å²) in [5, 5.41) is 5.17. The third-order valence-electron chi connectivity index (χ3n) is 5.38. The molecule has 1 aliphatic heterocycles. The van der Waals surface area contributed by atoms with Crippen LogP contribution >= 0.6 is 11.3 Å². The molecular formula is C25H23N3O4S. The van der Waals surface area contributed by atoms with Crippen LogP contribution in [0.15, 0.2) is 60.7 Å². The number of ketones is 1. The molecule has 0 atom stereocenters. The Balaban J connectivity index is 1.34. The Morgan fingerprint density at radius 1 is 1.00 bits per heavy atom. The fourth-order valence-corrected chi connectivity index (χ4v) is 4.55. The minimum absolute atomic E-state index is 0.0559. The minimum atomic E-state index is -0.797. The van der Waals surface area contributed by atoms with Gasteiger partial charge in [0.2, 0.25) is 11.7 Å². The Hall–Kier alpha value is -3.78. The van der Waals surface area contributed by atoms with Crippen LogP contribution in [0.3, 0.4) is 0 Å². The number of hydrogen-bond donors (Lipinski definition) is 2. The third-order valence-corrected chi connectivity index (χ3v) is 6.47. The van der Waals surface area contributed by atoms with Gasteiger partial charge in [0.05, 0.1) is 11.4 Å². The maximum Gasteiger partial charge on any atom is 0.313 e. The Kier molecular flexibility index (Phi) is 6.65. The van der Waals surface area contributed by atoms with Crippen molar-refractivity contribution in [3.8, 4) is 0 Å². The first kappa shape index (κ1) is 22.4. The average molecular weight is 462 g/mol. The van der Waals surface area contributed by atoms with Gasteiger partial charge in [0.15, 0.2) is 0 Å². The van der Waals surface area contributed by atoms with Crippen molar-refractivity contribution in [2.75, 3.05) is 16.8 Å². The van der Waals surface area contributed by atoms with Crippen molar-refractivity contribution in [1.82, 2.24) is 5.32 Å². The third kappa shape index (κ3) is 5.18. The number of rotatable bonds is 6. The summed E-state index contributed by atoms with van der Waals surface area (Å²) in [6, 6.07) is 17.7. The summed E-state index contributed by atoms with van der Waals surface area (Å²) in [4.78, 5) is 52.3. The summed E-state index contributed by atoms with van der Waals surface area (Å²) in [7, 11) is 0. The first-order chi connectivity index (χ1) is 15.9. The van der Waals surface area contributed by atoms with Crippen molar-refractivity contribution in [3.63, 3.8) is 0 Å². The normalized spacial score (nSPS) is 13.1. The number of aryl methyl sites for hydroxylation is 1. The van der Waals surface area contributed by atoms with Crippen LogP contribution < -0.4 is 15.5 Å². The van der Waals surface area contributed by atoms with Gasteiger partial charge in [-0.15, -0.1) is 11.3 Å². The molecule has 2 aromatic carbocycles. The van der Waals surface area contributed by atoms with Crippen molar-refractivity contribution in [2.45, 2.75) is 26.3 Å². The monoisotopic (exact) mass is 461 g/mol. The zero-order valence-electron chi connectivity index (χ0n) is 18.1. The van der Waals surface area contributed by atoms with E-state index >= 15 is 0 Å². The zero-order chi connectivity index (χ0) is 23.4.